The molecule has 0 aromatic heterocycles. The van der Waals surface area contributed by atoms with Crippen molar-refractivity contribution in [3.63, 3.8) is 0 Å². The highest BCUT2D eigenvalue weighted by Gasteiger charge is 2.15. The number of halogens is 1. The minimum atomic E-state index is -0.0551. The molecule has 3 rings (SSSR count). The highest BCUT2D eigenvalue weighted by molar-refractivity contribution is 6.35. The lowest BCUT2D eigenvalue weighted by atomic mass is 9.99. The average Bonchev–Trinajstić information content (AvgIpc) is 2.57. The van der Waals surface area contributed by atoms with Crippen LogP contribution in [0, 0.1) is 13.8 Å². The van der Waals surface area contributed by atoms with Gasteiger partial charge in [-0.1, -0.05) is 54.1 Å². The van der Waals surface area contributed by atoms with E-state index in [0.717, 1.165) is 22.5 Å². The molecule has 0 saturated heterocycles. The van der Waals surface area contributed by atoms with Crippen LogP contribution in [-0.2, 0) is 0 Å². The van der Waals surface area contributed by atoms with E-state index in [1.807, 2.05) is 68.4 Å². The Hall–Kier alpha value is -2.58. The Morgan fingerprint density at radius 3 is 2.17 bits per heavy atom. The maximum atomic E-state index is 12.7. The lowest BCUT2D eigenvalue weighted by Crippen LogP contribution is -2.04. The number of aryl methyl sites for hydroxylation is 2. The number of para-hydroxylation sites is 1. The van der Waals surface area contributed by atoms with Crippen LogP contribution in [0.4, 0.5) is 11.4 Å². The van der Waals surface area contributed by atoms with E-state index in [0.29, 0.717) is 16.1 Å². The number of carbonyl (C=O) groups is 1. The Morgan fingerprint density at radius 2 is 1.50 bits per heavy atom. The predicted octanol–water partition coefficient (Wildman–Crippen LogP) is 5.93. The van der Waals surface area contributed by atoms with Crippen molar-refractivity contribution in [2.24, 2.45) is 0 Å². The second kappa shape index (κ2) is 6.90. The van der Waals surface area contributed by atoms with Gasteiger partial charge in [0.1, 0.15) is 0 Å². The van der Waals surface area contributed by atoms with Gasteiger partial charge < -0.3 is 5.32 Å². The smallest absolute Gasteiger partial charge is 0.194 e. The zero-order chi connectivity index (χ0) is 17.1. The molecule has 0 saturated carbocycles. The summed E-state index contributed by atoms with van der Waals surface area (Å²) in [4.78, 5) is 12.7. The van der Waals surface area contributed by atoms with E-state index < -0.39 is 0 Å². The average molecular weight is 336 g/mol. The molecule has 0 heterocycles. The molecule has 0 unspecified atom stereocenters. The van der Waals surface area contributed by atoms with E-state index in [-0.39, 0.29) is 5.78 Å². The number of hydrogen-bond donors (Lipinski definition) is 1. The molecule has 0 fully saturated rings. The van der Waals surface area contributed by atoms with Crippen LogP contribution in [0.3, 0.4) is 0 Å². The molecule has 0 spiro atoms. The molecular weight excluding hydrogens is 318 g/mol. The van der Waals surface area contributed by atoms with Gasteiger partial charge in [-0.2, -0.15) is 0 Å². The van der Waals surface area contributed by atoms with Crippen molar-refractivity contribution in [2.75, 3.05) is 5.32 Å². The quantitative estimate of drug-likeness (QED) is 0.598. The van der Waals surface area contributed by atoms with Crippen molar-refractivity contribution in [1.29, 1.82) is 0 Å². The molecule has 0 atom stereocenters. The number of benzene rings is 3. The first-order valence-electron chi connectivity index (χ1n) is 7.79. The normalized spacial score (nSPS) is 10.5. The van der Waals surface area contributed by atoms with Crippen molar-refractivity contribution < 1.29 is 4.79 Å². The van der Waals surface area contributed by atoms with E-state index in [1.54, 1.807) is 12.1 Å². The van der Waals surface area contributed by atoms with Gasteiger partial charge in [-0.3, -0.25) is 4.79 Å². The van der Waals surface area contributed by atoms with Crippen molar-refractivity contribution in [3.05, 3.63) is 94.0 Å². The third kappa shape index (κ3) is 3.34. The monoisotopic (exact) mass is 335 g/mol. The molecule has 0 radical (unpaired) electrons. The molecule has 0 aliphatic rings. The molecule has 3 aromatic rings. The Bertz CT molecular complexity index is 902. The van der Waals surface area contributed by atoms with Crippen LogP contribution in [0.2, 0.25) is 5.02 Å². The third-order valence-electron chi connectivity index (χ3n) is 4.03. The van der Waals surface area contributed by atoms with Crippen LogP contribution in [0.25, 0.3) is 0 Å². The van der Waals surface area contributed by atoms with Crippen LogP contribution in [-0.4, -0.2) is 5.78 Å². The van der Waals surface area contributed by atoms with Gasteiger partial charge in [0.15, 0.2) is 5.78 Å². The standard InChI is InChI=1S/C21H18ClNO/c1-14-7-3-5-9-17(14)21(24)18-12-11-16(13-19(18)22)23-20-10-6-4-8-15(20)2/h3-13,23H,1-2H3. The molecule has 1 N–H and O–H groups in total. The Labute approximate surface area is 147 Å². The van der Waals surface area contributed by atoms with Crippen molar-refractivity contribution in [1.82, 2.24) is 0 Å². The van der Waals surface area contributed by atoms with Crippen LogP contribution in [0.15, 0.2) is 66.7 Å². The fraction of sp³-hybridized carbons (Fsp3) is 0.0952. The lowest BCUT2D eigenvalue weighted by Gasteiger charge is -2.12. The summed E-state index contributed by atoms with van der Waals surface area (Å²) in [5, 5.41) is 3.78. The van der Waals surface area contributed by atoms with Crippen molar-refractivity contribution in [2.45, 2.75) is 13.8 Å². The van der Waals surface area contributed by atoms with Crippen LogP contribution in [0.5, 0.6) is 0 Å². The maximum absolute atomic E-state index is 12.7. The maximum Gasteiger partial charge on any atom is 0.194 e. The summed E-state index contributed by atoms with van der Waals surface area (Å²) < 4.78 is 0. The largest absolute Gasteiger partial charge is 0.355 e. The first kappa shape index (κ1) is 16.3. The second-order valence-corrected chi connectivity index (χ2v) is 6.19. The van der Waals surface area contributed by atoms with Gasteiger partial charge in [0, 0.05) is 22.5 Å². The third-order valence-corrected chi connectivity index (χ3v) is 4.34. The molecule has 0 amide bonds. The predicted molar refractivity (Wildman–Crippen MR) is 101 cm³/mol. The topological polar surface area (TPSA) is 29.1 Å². The fourth-order valence-electron chi connectivity index (χ4n) is 2.62. The van der Waals surface area contributed by atoms with Gasteiger partial charge in [-0.05, 0) is 49.2 Å². The van der Waals surface area contributed by atoms with E-state index in [9.17, 15) is 4.79 Å². The highest BCUT2D eigenvalue weighted by atomic mass is 35.5. The number of carbonyl (C=O) groups excluding carboxylic acids is 1. The number of nitrogens with one attached hydrogen (secondary N) is 1. The number of rotatable bonds is 4. The summed E-state index contributed by atoms with van der Waals surface area (Å²) in [7, 11) is 0. The van der Waals surface area contributed by atoms with Gasteiger partial charge >= 0.3 is 0 Å². The van der Waals surface area contributed by atoms with Crippen molar-refractivity contribution >= 4 is 28.8 Å². The van der Waals surface area contributed by atoms with Gasteiger partial charge in [0.25, 0.3) is 0 Å². The first-order valence-corrected chi connectivity index (χ1v) is 8.16. The van der Waals surface area contributed by atoms with E-state index in [2.05, 4.69) is 5.32 Å². The SMILES string of the molecule is Cc1ccccc1Nc1ccc(C(=O)c2ccccc2C)c(Cl)c1. The molecular formula is C21H18ClNO. The van der Waals surface area contributed by atoms with Gasteiger partial charge in [-0.25, -0.2) is 0 Å². The highest BCUT2D eigenvalue weighted by Crippen LogP contribution is 2.27. The first-order chi connectivity index (χ1) is 11.6. The summed E-state index contributed by atoms with van der Waals surface area (Å²) in [5.74, 6) is -0.0551. The lowest BCUT2D eigenvalue weighted by molar-refractivity contribution is 0.103. The Balaban J connectivity index is 1.89. The summed E-state index contributed by atoms with van der Waals surface area (Å²) in [6.07, 6.45) is 0. The van der Waals surface area contributed by atoms with E-state index in [1.165, 1.54) is 0 Å². The zero-order valence-electron chi connectivity index (χ0n) is 13.6. The number of hydrogen-bond acceptors (Lipinski definition) is 2. The molecule has 120 valence electrons. The minimum Gasteiger partial charge on any atom is -0.355 e. The van der Waals surface area contributed by atoms with Gasteiger partial charge in [-0.15, -0.1) is 0 Å². The molecule has 3 aromatic carbocycles. The minimum absolute atomic E-state index is 0.0551. The second-order valence-electron chi connectivity index (χ2n) is 5.78. The summed E-state index contributed by atoms with van der Waals surface area (Å²) in [6, 6.07) is 21.0. The van der Waals surface area contributed by atoms with Crippen molar-refractivity contribution in [3.8, 4) is 0 Å². The van der Waals surface area contributed by atoms with Crippen LogP contribution in [0.1, 0.15) is 27.0 Å². The molecule has 0 aliphatic heterocycles. The fourth-order valence-corrected chi connectivity index (χ4v) is 2.88. The molecule has 0 aliphatic carbocycles. The Morgan fingerprint density at radius 1 is 0.833 bits per heavy atom. The summed E-state index contributed by atoms with van der Waals surface area (Å²) in [5.41, 5.74) is 5.16. The molecule has 0 bridgehead atoms. The molecule has 3 heteroatoms. The summed E-state index contributed by atoms with van der Waals surface area (Å²) in [6.45, 7) is 3.97. The van der Waals surface area contributed by atoms with E-state index >= 15 is 0 Å². The summed E-state index contributed by atoms with van der Waals surface area (Å²) >= 11 is 6.37. The molecule has 24 heavy (non-hydrogen) atoms. The zero-order valence-corrected chi connectivity index (χ0v) is 14.4. The van der Waals surface area contributed by atoms with Crippen LogP contribution < -0.4 is 5.32 Å². The van der Waals surface area contributed by atoms with Crippen LogP contribution >= 0.6 is 11.6 Å². The van der Waals surface area contributed by atoms with Gasteiger partial charge in [0.2, 0.25) is 0 Å². The number of ketones is 1. The number of anilines is 2. The van der Waals surface area contributed by atoms with E-state index in [4.69, 9.17) is 11.6 Å². The van der Waals surface area contributed by atoms with Gasteiger partial charge in [0.05, 0.1) is 5.02 Å². The Kier molecular flexibility index (Phi) is 4.68. The molecule has 2 nitrogen and oxygen atoms in total.